The van der Waals surface area contributed by atoms with Crippen molar-refractivity contribution in [3.05, 3.63) is 29.6 Å². The van der Waals surface area contributed by atoms with Crippen LogP contribution in [0.3, 0.4) is 0 Å². The van der Waals surface area contributed by atoms with Gasteiger partial charge in [-0.1, -0.05) is 6.07 Å². The molecule has 1 heterocycles. The number of carbonyl (C=O) groups excluding carboxylic acids is 1. The molecule has 8 heteroatoms. The van der Waals surface area contributed by atoms with Gasteiger partial charge in [-0.25, -0.2) is 4.39 Å². The second-order valence-electron chi connectivity index (χ2n) is 5.93. The maximum atomic E-state index is 13.7. The minimum atomic E-state index is -1.46. The number of carbonyl (C=O) groups is 3. The second-order valence-corrected chi connectivity index (χ2v) is 5.93. The second kappa shape index (κ2) is 4.68. The summed E-state index contributed by atoms with van der Waals surface area (Å²) in [5.41, 5.74) is -2.99. The van der Waals surface area contributed by atoms with Crippen molar-refractivity contribution in [3.8, 4) is 5.75 Å². The van der Waals surface area contributed by atoms with Crippen molar-refractivity contribution in [2.75, 3.05) is 20.2 Å². The van der Waals surface area contributed by atoms with Crippen LogP contribution in [0.1, 0.15) is 16.8 Å². The minimum Gasteiger partial charge on any atom is -0.493 e. The highest BCUT2D eigenvalue weighted by Crippen LogP contribution is 2.68. The first-order valence-corrected chi connectivity index (χ1v) is 6.88. The highest BCUT2D eigenvalue weighted by molar-refractivity contribution is 6.01. The molecule has 1 aromatic rings. The van der Waals surface area contributed by atoms with Crippen molar-refractivity contribution in [2.45, 2.75) is 6.42 Å². The standard InChI is InChI=1S/C15H14FNO6/c1-23-10-8(3-2-4-9(10)16)11(18)17-6-14(12(19)20)5-15(14,7-17)13(21)22/h2-4H,5-7H2,1H3,(H,19,20)(H,21,22)/t14-,15+. The van der Waals surface area contributed by atoms with Gasteiger partial charge in [0.15, 0.2) is 11.6 Å². The van der Waals surface area contributed by atoms with Crippen LogP contribution in [-0.4, -0.2) is 53.2 Å². The summed E-state index contributed by atoms with van der Waals surface area (Å²) in [5.74, 6) is -4.08. The van der Waals surface area contributed by atoms with Gasteiger partial charge in [0, 0.05) is 13.1 Å². The predicted octanol–water partition coefficient (Wildman–Crippen LogP) is 0.836. The number of hydrogen-bond donors (Lipinski definition) is 2. The molecule has 2 atom stereocenters. The number of likely N-dealkylation sites (tertiary alicyclic amines) is 1. The van der Waals surface area contributed by atoms with Crippen LogP contribution in [-0.2, 0) is 9.59 Å². The van der Waals surface area contributed by atoms with Crippen molar-refractivity contribution in [2.24, 2.45) is 10.8 Å². The first-order valence-electron chi connectivity index (χ1n) is 6.88. The summed E-state index contributed by atoms with van der Waals surface area (Å²) in [6.45, 7) is -0.430. The molecule has 1 amide bonds. The van der Waals surface area contributed by atoms with E-state index in [1.54, 1.807) is 0 Å². The largest absolute Gasteiger partial charge is 0.493 e. The zero-order chi connectivity index (χ0) is 17.0. The SMILES string of the molecule is COc1c(F)cccc1C(=O)N1C[C@@]2(C(=O)O)C[C@@]2(C(=O)O)C1. The van der Waals surface area contributed by atoms with E-state index in [9.17, 15) is 29.0 Å². The third-order valence-electron chi connectivity index (χ3n) is 4.82. The van der Waals surface area contributed by atoms with E-state index in [1.165, 1.54) is 19.2 Å². The number of amides is 1. The Morgan fingerprint density at radius 1 is 1.17 bits per heavy atom. The molecular formula is C15H14FNO6. The Balaban J connectivity index is 1.94. The molecule has 0 unspecified atom stereocenters. The Hall–Kier alpha value is -2.64. The normalized spacial score (nSPS) is 28.2. The van der Waals surface area contributed by atoms with Gasteiger partial charge in [-0.2, -0.15) is 0 Å². The van der Waals surface area contributed by atoms with Crippen molar-refractivity contribution >= 4 is 17.8 Å². The molecule has 0 spiro atoms. The van der Waals surface area contributed by atoms with E-state index in [1.807, 2.05) is 0 Å². The number of ether oxygens (including phenoxy) is 1. The number of para-hydroxylation sites is 1. The third kappa shape index (κ3) is 1.84. The lowest BCUT2D eigenvalue weighted by atomic mass is 9.97. The van der Waals surface area contributed by atoms with Crippen LogP contribution in [0, 0.1) is 16.6 Å². The number of carboxylic acids is 2. The molecule has 1 aliphatic carbocycles. The lowest BCUT2D eigenvalue weighted by Gasteiger charge is -2.21. The van der Waals surface area contributed by atoms with Gasteiger partial charge >= 0.3 is 11.9 Å². The van der Waals surface area contributed by atoms with Gasteiger partial charge in [0.1, 0.15) is 10.8 Å². The number of piperidine rings is 1. The van der Waals surface area contributed by atoms with Gasteiger partial charge < -0.3 is 19.8 Å². The molecule has 3 rings (SSSR count). The lowest BCUT2D eigenvalue weighted by Crippen LogP contribution is -2.34. The number of hydrogen-bond acceptors (Lipinski definition) is 4. The average Bonchev–Trinajstić information content (AvgIpc) is 3.05. The van der Waals surface area contributed by atoms with Gasteiger partial charge in [0.05, 0.1) is 12.7 Å². The van der Waals surface area contributed by atoms with Gasteiger partial charge in [-0.3, -0.25) is 14.4 Å². The molecule has 0 aromatic heterocycles. The number of nitrogens with zero attached hydrogens (tertiary/aromatic N) is 1. The fourth-order valence-electron chi connectivity index (χ4n) is 3.49. The van der Waals surface area contributed by atoms with Crippen LogP contribution < -0.4 is 4.74 Å². The Bertz CT molecular complexity index is 707. The van der Waals surface area contributed by atoms with Crippen LogP contribution >= 0.6 is 0 Å². The van der Waals surface area contributed by atoms with E-state index in [-0.39, 0.29) is 30.8 Å². The molecule has 2 N–H and O–H groups in total. The summed E-state index contributed by atoms with van der Waals surface area (Å²) in [6.07, 6.45) is -0.00523. The molecular weight excluding hydrogens is 309 g/mol. The molecule has 2 fully saturated rings. The number of benzene rings is 1. The average molecular weight is 323 g/mol. The summed E-state index contributed by atoms with van der Waals surface area (Å²) in [4.78, 5) is 36.7. The van der Waals surface area contributed by atoms with Crippen molar-refractivity contribution in [1.29, 1.82) is 0 Å². The van der Waals surface area contributed by atoms with Gasteiger partial charge in [-0.05, 0) is 18.6 Å². The zero-order valence-electron chi connectivity index (χ0n) is 12.2. The number of fused-ring (bicyclic) bond motifs is 1. The Kier molecular flexibility index (Phi) is 3.10. The number of carboxylic acid groups (broad SMARTS) is 2. The highest BCUT2D eigenvalue weighted by Gasteiger charge is 2.81. The summed E-state index contributed by atoms with van der Waals surface area (Å²) in [7, 11) is 1.22. The van der Waals surface area contributed by atoms with E-state index in [4.69, 9.17) is 4.74 Å². The Labute approximate surface area is 130 Å². The summed E-state index contributed by atoms with van der Waals surface area (Å²) in [6, 6.07) is 3.82. The van der Waals surface area contributed by atoms with E-state index in [2.05, 4.69) is 0 Å². The number of aliphatic carboxylic acids is 2. The molecule has 1 saturated heterocycles. The Morgan fingerprint density at radius 2 is 1.74 bits per heavy atom. The highest BCUT2D eigenvalue weighted by atomic mass is 19.1. The van der Waals surface area contributed by atoms with Gasteiger partial charge in [0.25, 0.3) is 5.91 Å². The fourth-order valence-corrected chi connectivity index (χ4v) is 3.49. The molecule has 0 bridgehead atoms. The van der Waals surface area contributed by atoms with Crippen molar-refractivity contribution in [1.82, 2.24) is 4.90 Å². The zero-order valence-corrected chi connectivity index (χ0v) is 12.2. The smallest absolute Gasteiger partial charge is 0.312 e. The molecule has 2 aliphatic rings. The quantitative estimate of drug-likeness (QED) is 0.851. The fraction of sp³-hybridized carbons (Fsp3) is 0.400. The number of rotatable bonds is 4. The number of halogens is 1. The topological polar surface area (TPSA) is 104 Å². The van der Waals surface area contributed by atoms with Gasteiger partial charge in [-0.15, -0.1) is 0 Å². The predicted molar refractivity (Wildman–Crippen MR) is 73.6 cm³/mol. The molecule has 1 aliphatic heterocycles. The van der Waals surface area contributed by atoms with Crippen molar-refractivity contribution < 1.29 is 33.7 Å². The Morgan fingerprint density at radius 3 is 2.22 bits per heavy atom. The monoisotopic (exact) mass is 323 g/mol. The molecule has 7 nitrogen and oxygen atoms in total. The maximum Gasteiger partial charge on any atom is 0.312 e. The van der Waals surface area contributed by atoms with Crippen molar-refractivity contribution in [3.63, 3.8) is 0 Å². The number of methoxy groups -OCH3 is 1. The molecule has 122 valence electrons. The van der Waals surface area contributed by atoms with E-state index >= 15 is 0 Å². The van der Waals surface area contributed by atoms with Crippen LogP contribution in [0.15, 0.2) is 18.2 Å². The molecule has 1 saturated carbocycles. The molecule has 0 radical (unpaired) electrons. The maximum absolute atomic E-state index is 13.7. The van der Waals surface area contributed by atoms with Crippen LogP contribution in [0.2, 0.25) is 0 Å². The molecule has 23 heavy (non-hydrogen) atoms. The first kappa shape index (κ1) is 15.3. The van der Waals surface area contributed by atoms with Gasteiger partial charge in [0.2, 0.25) is 0 Å². The van der Waals surface area contributed by atoms with E-state index in [0.29, 0.717) is 0 Å². The van der Waals surface area contributed by atoms with E-state index < -0.39 is 34.5 Å². The first-order chi connectivity index (χ1) is 10.8. The summed E-state index contributed by atoms with van der Waals surface area (Å²) < 4.78 is 18.6. The van der Waals surface area contributed by atoms with Crippen LogP contribution in [0.4, 0.5) is 4.39 Å². The lowest BCUT2D eigenvalue weighted by molar-refractivity contribution is -0.151. The van der Waals surface area contributed by atoms with Crippen LogP contribution in [0.5, 0.6) is 5.75 Å². The minimum absolute atomic E-state index is 0.00523. The van der Waals surface area contributed by atoms with Crippen LogP contribution in [0.25, 0.3) is 0 Å². The summed E-state index contributed by atoms with van der Waals surface area (Å²) in [5, 5.41) is 18.7. The summed E-state index contributed by atoms with van der Waals surface area (Å²) >= 11 is 0. The molecule has 1 aromatic carbocycles. The third-order valence-corrected chi connectivity index (χ3v) is 4.82. The van der Waals surface area contributed by atoms with E-state index in [0.717, 1.165) is 11.0 Å².